The molecule has 3 aromatic carbocycles. The number of carbonyl (C=O) groups is 1. The number of sulfone groups is 1. The van der Waals surface area contributed by atoms with E-state index in [-0.39, 0.29) is 50.0 Å². The highest BCUT2D eigenvalue weighted by molar-refractivity contribution is 7.93. The van der Waals surface area contributed by atoms with Crippen LogP contribution >= 0.6 is 0 Å². The second-order valence-corrected chi connectivity index (χ2v) is 16.1. The van der Waals surface area contributed by atoms with Gasteiger partial charge in [0.25, 0.3) is 10.0 Å². The maximum atomic E-state index is 14.4. The van der Waals surface area contributed by atoms with Crippen molar-refractivity contribution in [3.63, 3.8) is 0 Å². The van der Waals surface area contributed by atoms with Crippen LogP contribution in [0.1, 0.15) is 27.2 Å². The lowest BCUT2D eigenvalue weighted by atomic mass is 10.1. The van der Waals surface area contributed by atoms with Gasteiger partial charge in [-0.15, -0.1) is 0 Å². The molecular weight excluding hydrogens is 733 g/mol. The van der Waals surface area contributed by atoms with Crippen LogP contribution in [0.15, 0.2) is 87.9 Å². The Morgan fingerprint density at radius 1 is 0.961 bits per heavy atom. The lowest BCUT2D eigenvalue weighted by Gasteiger charge is -2.16. The molecular formula is C33H31F2N3O10S3. The van der Waals surface area contributed by atoms with Crippen LogP contribution in [-0.2, 0) is 41.5 Å². The first-order valence-corrected chi connectivity index (χ1v) is 19.3. The lowest BCUT2D eigenvalue weighted by Crippen LogP contribution is -2.22. The van der Waals surface area contributed by atoms with E-state index < -0.39 is 71.8 Å². The van der Waals surface area contributed by atoms with Crippen LogP contribution in [0.3, 0.4) is 0 Å². The number of methoxy groups -OCH3 is 2. The highest BCUT2D eigenvalue weighted by Crippen LogP contribution is 2.34. The largest absolute Gasteiger partial charge is 0.609 e. The van der Waals surface area contributed by atoms with Gasteiger partial charge >= 0.3 is 17.7 Å². The number of hydrogen-bond acceptors (Lipinski definition) is 12. The molecule has 13 nitrogen and oxygen atoms in total. The van der Waals surface area contributed by atoms with Gasteiger partial charge in [0.15, 0.2) is 27.1 Å². The number of hydrogen-bond donors (Lipinski definition) is 0. The Morgan fingerprint density at radius 2 is 1.69 bits per heavy atom. The SMILES string of the molecule is COc1ccnc(C[S+]([O-])c2nc3cc(OC(F)F)ccc3n2S(=O)(=O)c2cc(C(=O)OCCS(=O)(=O)c3ccc(C)cc3)ccc2C)c1OC. The molecule has 0 saturated carbocycles. The van der Waals surface area contributed by atoms with Gasteiger partial charge in [-0.3, -0.25) is 4.98 Å². The summed E-state index contributed by atoms with van der Waals surface area (Å²) in [5.74, 6) is -1.79. The van der Waals surface area contributed by atoms with Gasteiger partial charge in [-0.05, 0) is 55.8 Å². The first kappa shape index (κ1) is 37.5. The summed E-state index contributed by atoms with van der Waals surface area (Å²) in [5, 5.41) is -0.487. The van der Waals surface area contributed by atoms with Gasteiger partial charge in [0.2, 0.25) is 0 Å². The molecule has 0 N–H and O–H groups in total. The number of esters is 1. The fraction of sp³-hybridized carbons (Fsp3) is 0.242. The van der Waals surface area contributed by atoms with E-state index in [2.05, 4.69) is 14.7 Å². The van der Waals surface area contributed by atoms with Gasteiger partial charge < -0.3 is 23.5 Å². The molecule has 0 amide bonds. The van der Waals surface area contributed by atoms with Gasteiger partial charge in [-0.25, -0.2) is 21.6 Å². The summed E-state index contributed by atoms with van der Waals surface area (Å²) in [6, 6.07) is 14.7. The van der Waals surface area contributed by atoms with E-state index in [9.17, 15) is 35.0 Å². The van der Waals surface area contributed by atoms with Crippen molar-refractivity contribution in [3.8, 4) is 17.2 Å². The second-order valence-electron chi connectivity index (χ2n) is 10.9. The summed E-state index contributed by atoms with van der Waals surface area (Å²) >= 11 is -2.25. The van der Waals surface area contributed by atoms with Gasteiger partial charge in [0.05, 0.1) is 46.4 Å². The number of ether oxygens (including phenoxy) is 4. The van der Waals surface area contributed by atoms with Crippen molar-refractivity contribution < 1.29 is 53.9 Å². The van der Waals surface area contributed by atoms with Crippen molar-refractivity contribution in [2.24, 2.45) is 0 Å². The summed E-state index contributed by atoms with van der Waals surface area (Å²) in [6.45, 7) is -0.416. The number of halogens is 2. The molecule has 1 unspecified atom stereocenters. The van der Waals surface area contributed by atoms with Crippen LogP contribution in [0.4, 0.5) is 8.78 Å². The Labute approximate surface area is 295 Å². The summed E-state index contributed by atoms with van der Waals surface area (Å²) in [6.07, 6.45) is 1.38. The Balaban J connectivity index is 1.51. The molecule has 1 atom stereocenters. The highest BCUT2D eigenvalue weighted by Gasteiger charge is 2.34. The molecule has 270 valence electrons. The average molecular weight is 764 g/mol. The molecule has 0 spiro atoms. The number of rotatable bonds is 14. The zero-order valence-corrected chi connectivity index (χ0v) is 30.0. The smallest absolute Gasteiger partial charge is 0.387 e. The summed E-state index contributed by atoms with van der Waals surface area (Å²) < 4.78 is 115. The molecule has 5 rings (SSSR count). The van der Waals surface area contributed by atoms with Gasteiger partial charge in [-0.2, -0.15) is 17.7 Å². The number of carbonyl (C=O) groups excluding carboxylic acids is 1. The van der Waals surface area contributed by atoms with Crippen molar-refractivity contribution >= 4 is 48.0 Å². The molecule has 0 aliphatic heterocycles. The van der Waals surface area contributed by atoms with Crippen molar-refractivity contribution in [2.75, 3.05) is 26.6 Å². The molecule has 18 heteroatoms. The maximum absolute atomic E-state index is 14.4. The average Bonchev–Trinajstić information content (AvgIpc) is 3.48. The topological polar surface area (TPSA) is 176 Å². The zero-order chi connectivity index (χ0) is 37.1. The van der Waals surface area contributed by atoms with Gasteiger partial charge in [-0.1, -0.05) is 23.8 Å². The number of benzene rings is 3. The molecule has 0 bridgehead atoms. The predicted molar refractivity (Wildman–Crippen MR) is 181 cm³/mol. The Morgan fingerprint density at radius 3 is 2.35 bits per heavy atom. The first-order chi connectivity index (χ1) is 24.2. The second kappa shape index (κ2) is 15.2. The Kier molecular flexibility index (Phi) is 11.2. The molecule has 0 fully saturated rings. The molecule has 0 aliphatic rings. The normalized spacial score (nSPS) is 12.5. The third-order valence-corrected chi connectivity index (χ3v) is 12.4. The number of fused-ring (bicyclic) bond motifs is 1. The number of aromatic nitrogens is 3. The van der Waals surface area contributed by atoms with E-state index >= 15 is 0 Å². The quantitative estimate of drug-likeness (QED) is 0.111. The molecule has 0 saturated heterocycles. The van der Waals surface area contributed by atoms with Crippen LogP contribution < -0.4 is 14.2 Å². The Hall–Kier alpha value is -4.78. The zero-order valence-electron chi connectivity index (χ0n) is 27.5. The maximum Gasteiger partial charge on any atom is 0.387 e. The van der Waals surface area contributed by atoms with E-state index in [1.54, 1.807) is 12.1 Å². The van der Waals surface area contributed by atoms with Crippen molar-refractivity contribution in [3.05, 3.63) is 95.3 Å². The standard InChI is InChI=1S/C33H31F2N3O10S3/c1-20-5-10-24(11-6-20)50(41,42)16-15-47-31(39)22-8-7-21(2)29(17-22)51(43,44)38-27-12-9-23(48-32(34)35)18-25(27)37-33(38)49(40)19-26-30(46-4)28(45-3)13-14-36-26/h5-14,17-18,32H,15-16,19H2,1-4H3. The van der Waals surface area contributed by atoms with Crippen LogP contribution in [0.5, 0.6) is 17.2 Å². The van der Waals surface area contributed by atoms with Crippen LogP contribution in [0, 0.1) is 13.8 Å². The number of alkyl halides is 2. The van der Waals surface area contributed by atoms with E-state index in [0.29, 0.717) is 3.97 Å². The minimum absolute atomic E-state index is 0.0575. The van der Waals surface area contributed by atoms with E-state index in [0.717, 1.165) is 23.8 Å². The van der Waals surface area contributed by atoms with Crippen molar-refractivity contribution in [1.82, 2.24) is 13.9 Å². The third-order valence-electron chi connectivity index (χ3n) is 7.53. The lowest BCUT2D eigenvalue weighted by molar-refractivity contribution is -0.0497. The van der Waals surface area contributed by atoms with Crippen molar-refractivity contribution in [1.29, 1.82) is 0 Å². The monoisotopic (exact) mass is 763 g/mol. The fourth-order valence-corrected chi connectivity index (χ4v) is 9.31. The summed E-state index contributed by atoms with van der Waals surface area (Å²) in [7, 11) is -5.77. The molecule has 0 radical (unpaired) electrons. The van der Waals surface area contributed by atoms with Crippen molar-refractivity contribution in [2.45, 2.75) is 41.2 Å². The Bertz CT molecular complexity index is 2300. The van der Waals surface area contributed by atoms with Crippen LogP contribution in [0.25, 0.3) is 11.0 Å². The van der Waals surface area contributed by atoms with Gasteiger partial charge in [0.1, 0.15) is 18.1 Å². The first-order valence-electron chi connectivity index (χ1n) is 14.9. The van der Waals surface area contributed by atoms with E-state index in [1.807, 2.05) is 6.92 Å². The number of pyridine rings is 1. The fourth-order valence-electron chi connectivity index (χ4n) is 5.00. The number of aryl methyl sites for hydroxylation is 2. The minimum atomic E-state index is -4.73. The summed E-state index contributed by atoms with van der Waals surface area (Å²) in [5.41, 5.74) is 0.732. The molecule has 2 heterocycles. The molecule has 5 aromatic rings. The number of nitrogens with zero attached hydrogens (tertiary/aromatic N) is 3. The molecule has 2 aromatic heterocycles. The van der Waals surface area contributed by atoms with E-state index in [1.165, 1.54) is 63.7 Å². The highest BCUT2D eigenvalue weighted by atomic mass is 32.2. The third kappa shape index (κ3) is 8.08. The number of imidazole rings is 1. The van der Waals surface area contributed by atoms with Gasteiger partial charge in [0, 0.05) is 29.5 Å². The van der Waals surface area contributed by atoms with E-state index in [4.69, 9.17) is 14.2 Å². The minimum Gasteiger partial charge on any atom is -0.609 e. The van der Waals surface area contributed by atoms with Crippen LogP contribution in [0.2, 0.25) is 0 Å². The molecule has 51 heavy (non-hydrogen) atoms. The summed E-state index contributed by atoms with van der Waals surface area (Å²) in [4.78, 5) is 21.2. The van der Waals surface area contributed by atoms with Crippen LogP contribution in [-0.4, -0.2) is 74.5 Å². The molecule has 0 aliphatic carbocycles. The predicted octanol–water partition coefficient (Wildman–Crippen LogP) is 4.84.